The van der Waals surface area contributed by atoms with Gasteiger partial charge in [-0.2, -0.15) is 0 Å². The fraction of sp³-hybridized carbons (Fsp3) is 0.371. The van der Waals surface area contributed by atoms with Crippen LogP contribution in [-0.2, 0) is 30.6 Å². The molecular formula is C35H43N3O6. The molecule has 9 heteroatoms. The number of aryl methyl sites for hydroxylation is 2. The van der Waals surface area contributed by atoms with Gasteiger partial charge in [0.25, 0.3) is 0 Å². The van der Waals surface area contributed by atoms with Crippen LogP contribution in [0.3, 0.4) is 0 Å². The second-order valence-corrected chi connectivity index (χ2v) is 10.6. The Morgan fingerprint density at radius 2 is 1.80 bits per heavy atom. The van der Waals surface area contributed by atoms with E-state index in [1.165, 1.54) is 39.6 Å². The maximum absolute atomic E-state index is 9.73. The molecule has 3 aromatic carbocycles. The summed E-state index contributed by atoms with van der Waals surface area (Å²) in [5.74, 6) is 3.40. The van der Waals surface area contributed by atoms with Crippen LogP contribution >= 0.6 is 0 Å². The van der Waals surface area contributed by atoms with Crippen molar-refractivity contribution in [1.82, 2.24) is 15.4 Å². The number of amides is 1. The topological polar surface area (TPSA) is 95.3 Å². The zero-order valence-corrected chi connectivity index (χ0v) is 26.5. The summed E-state index contributed by atoms with van der Waals surface area (Å²) in [7, 11) is 7.34. The number of fused-ring (bicyclic) bond motifs is 1. The van der Waals surface area contributed by atoms with Gasteiger partial charge in [0.2, 0.25) is 6.41 Å². The molecule has 4 aromatic rings. The van der Waals surface area contributed by atoms with Crippen LogP contribution in [0.5, 0.6) is 23.0 Å². The van der Waals surface area contributed by atoms with Gasteiger partial charge in [0, 0.05) is 19.0 Å². The van der Waals surface area contributed by atoms with E-state index in [2.05, 4.69) is 83.3 Å². The molecule has 0 bridgehead atoms. The SMILES string of the molecule is CCc1ccc(CCOc2cc3c(cc2OC)CCN(C)C3c2ccc(OC)cc2C)cc1OC.O=CNCc1ccon1. The molecule has 9 nitrogen and oxygen atoms in total. The minimum Gasteiger partial charge on any atom is -0.497 e. The Hall–Kier alpha value is -4.50. The Kier molecular flexibility index (Phi) is 11.7. The third-order valence-electron chi connectivity index (χ3n) is 7.90. The zero-order chi connectivity index (χ0) is 31.5. The molecule has 0 saturated heterocycles. The number of hydrogen-bond donors (Lipinski definition) is 1. The predicted molar refractivity (Wildman–Crippen MR) is 170 cm³/mol. The molecule has 1 unspecified atom stereocenters. The first-order chi connectivity index (χ1) is 21.4. The van der Waals surface area contributed by atoms with Gasteiger partial charge in [0.1, 0.15) is 23.5 Å². The molecule has 1 aliphatic rings. The molecule has 5 rings (SSSR count). The molecule has 1 atom stereocenters. The highest BCUT2D eigenvalue weighted by molar-refractivity contribution is 5.53. The summed E-state index contributed by atoms with van der Waals surface area (Å²) < 4.78 is 27.5. The molecule has 0 spiro atoms. The number of methoxy groups -OCH3 is 3. The van der Waals surface area contributed by atoms with Crippen molar-refractivity contribution in [3.63, 3.8) is 0 Å². The highest BCUT2D eigenvalue weighted by atomic mass is 16.5. The smallest absolute Gasteiger partial charge is 0.207 e. The summed E-state index contributed by atoms with van der Waals surface area (Å²) in [4.78, 5) is 12.1. The molecule has 1 aliphatic heterocycles. The van der Waals surface area contributed by atoms with Crippen LogP contribution in [0.4, 0.5) is 0 Å². The molecule has 0 radical (unpaired) electrons. The van der Waals surface area contributed by atoms with E-state index in [9.17, 15) is 4.79 Å². The van der Waals surface area contributed by atoms with Gasteiger partial charge in [-0.05, 0) is 90.5 Å². The van der Waals surface area contributed by atoms with Crippen LogP contribution in [0.2, 0.25) is 0 Å². The first-order valence-corrected chi connectivity index (χ1v) is 14.8. The highest BCUT2D eigenvalue weighted by Gasteiger charge is 2.29. The van der Waals surface area contributed by atoms with Crippen molar-refractivity contribution in [2.45, 2.75) is 45.7 Å². The standard InChI is InChI=1S/C30H37NO4.C5H6N2O2/c1-7-22-9-8-21(17-27(22)33-5)13-15-35-29-19-26-23(18-28(29)34-6)12-14-31(3)30(26)25-11-10-24(32-4)16-20(25)2;8-4-6-3-5-1-2-9-7-5/h8-11,16-19,30H,7,12-15H2,1-6H3;1-2,4H,3H2,(H,6,8). The van der Waals surface area contributed by atoms with Crippen LogP contribution in [0.1, 0.15) is 52.0 Å². The van der Waals surface area contributed by atoms with Crippen molar-refractivity contribution in [3.8, 4) is 23.0 Å². The summed E-state index contributed by atoms with van der Waals surface area (Å²) in [5, 5.41) is 6.00. The number of nitrogens with zero attached hydrogens (tertiary/aromatic N) is 2. The van der Waals surface area contributed by atoms with E-state index >= 15 is 0 Å². The summed E-state index contributed by atoms with van der Waals surface area (Å²) in [6.07, 6.45) is 4.81. The van der Waals surface area contributed by atoms with Crippen molar-refractivity contribution < 1.29 is 28.3 Å². The number of nitrogens with one attached hydrogen (secondary N) is 1. The summed E-state index contributed by atoms with van der Waals surface area (Å²) in [6, 6.07) is 18.9. The molecule has 1 amide bonds. The van der Waals surface area contributed by atoms with E-state index in [-0.39, 0.29) is 6.04 Å². The number of hydrogen-bond acceptors (Lipinski definition) is 8. The Labute approximate surface area is 260 Å². The maximum Gasteiger partial charge on any atom is 0.207 e. The van der Waals surface area contributed by atoms with Gasteiger partial charge in [-0.25, -0.2) is 0 Å². The van der Waals surface area contributed by atoms with E-state index < -0.39 is 0 Å². The quantitative estimate of drug-likeness (QED) is 0.207. The van der Waals surface area contributed by atoms with Crippen molar-refractivity contribution >= 4 is 6.41 Å². The van der Waals surface area contributed by atoms with Gasteiger partial charge in [0.15, 0.2) is 11.5 Å². The molecule has 2 heterocycles. The first kappa shape index (κ1) is 32.4. The summed E-state index contributed by atoms with van der Waals surface area (Å²) in [6.45, 7) is 6.27. The number of benzene rings is 3. The number of carbonyl (C=O) groups excluding carboxylic acids is 1. The molecule has 0 aliphatic carbocycles. The minimum absolute atomic E-state index is 0.156. The van der Waals surface area contributed by atoms with Crippen LogP contribution in [0, 0.1) is 6.92 Å². The van der Waals surface area contributed by atoms with Gasteiger partial charge in [-0.3, -0.25) is 9.69 Å². The molecule has 234 valence electrons. The zero-order valence-electron chi connectivity index (χ0n) is 26.5. The van der Waals surface area contributed by atoms with Crippen LogP contribution in [0.15, 0.2) is 65.4 Å². The molecule has 1 aromatic heterocycles. The van der Waals surface area contributed by atoms with E-state index in [1.54, 1.807) is 27.4 Å². The predicted octanol–water partition coefficient (Wildman–Crippen LogP) is 5.70. The molecule has 1 N–H and O–H groups in total. The van der Waals surface area contributed by atoms with Crippen molar-refractivity contribution in [2.24, 2.45) is 0 Å². The Morgan fingerprint density at radius 1 is 0.977 bits per heavy atom. The van der Waals surface area contributed by atoms with Crippen LogP contribution in [0.25, 0.3) is 0 Å². The van der Waals surface area contributed by atoms with Crippen LogP contribution < -0.4 is 24.3 Å². The van der Waals surface area contributed by atoms with E-state index in [0.717, 1.165) is 54.5 Å². The van der Waals surface area contributed by atoms with E-state index in [1.807, 2.05) is 6.07 Å². The Balaban J connectivity index is 0.000000421. The third kappa shape index (κ3) is 7.90. The van der Waals surface area contributed by atoms with Crippen LogP contribution in [-0.4, -0.2) is 58.0 Å². The maximum atomic E-state index is 9.73. The average Bonchev–Trinajstić information content (AvgIpc) is 3.58. The van der Waals surface area contributed by atoms with Crippen molar-refractivity contribution in [1.29, 1.82) is 0 Å². The average molecular weight is 602 g/mol. The number of likely N-dealkylation sites (N-methyl/N-ethyl adjacent to an activating group) is 1. The number of ether oxygens (including phenoxy) is 4. The van der Waals surface area contributed by atoms with Gasteiger partial charge >= 0.3 is 0 Å². The first-order valence-electron chi connectivity index (χ1n) is 14.8. The largest absolute Gasteiger partial charge is 0.497 e. The van der Waals surface area contributed by atoms with E-state index in [0.29, 0.717) is 19.6 Å². The van der Waals surface area contributed by atoms with Gasteiger partial charge in [-0.1, -0.05) is 30.3 Å². The van der Waals surface area contributed by atoms with Crippen molar-refractivity contribution in [3.05, 3.63) is 99.9 Å². The lowest BCUT2D eigenvalue weighted by molar-refractivity contribution is -0.109. The second kappa shape index (κ2) is 15.8. The normalized spacial score (nSPS) is 14.1. The minimum atomic E-state index is 0.156. The number of carbonyl (C=O) groups is 1. The number of rotatable bonds is 12. The third-order valence-corrected chi connectivity index (χ3v) is 7.90. The fourth-order valence-electron chi connectivity index (χ4n) is 5.50. The molecule has 0 fully saturated rings. The second-order valence-electron chi connectivity index (χ2n) is 10.6. The highest BCUT2D eigenvalue weighted by Crippen LogP contribution is 2.41. The summed E-state index contributed by atoms with van der Waals surface area (Å²) >= 11 is 0. The van der Waals surface area contributed by atoms with Gasteiger partial charge < -0.3 is 28.8 Å². The Morgan fingerprint density at radius 3 is 2.45 bits per heavy atom. The van der Waals surface area contributed by atoms with E-state index in [4.69, 9.17) is 18.9 Å². The fourth-order valence-corrected chi connectivity index (χ4v) is 5.50. The molecule has 44 heavy (non-hydrogen) atoms. The molecule has 0 saturated carbocycles. The monoisotopic (exact) mass is 601 g/mol. The summed E-state index contributed by atoms with van der Waals surface area (Å²) in [5.41, 5.74) is 8.23. The Bertz CT molecular complexity index is 1500. The van der Waals surface area contributed by atoms with Gasteiger partial charge in [0.05, 0.1) is 40.5 Å². The van der Waals surface area contributed by atoms with Crippen molar-refractivity contribution in [2.75, 3.05) is 41.5 Å². The lowest BCUT2D eigenvalue weighted by atomic mass is 9.86. The number of aromatic nitrogens is 1. The molecular weight excluding hydrogens is 558 g/mol. The lowest BCUT2D eigenvalue weighted by Gasteiger charge is -2.36. The lowest BCUT2D eigenvalue weighted by Crippen LogP contribution is -2.33. The van der Waals surface area contributed by atoms with Gasteiger partial charge in [-0.15, -0.1) is 0 Å².